The molecule has 1 fully saturated rings. The van der Waals surface area contributed by atoms with E-state index in [9.17, 15) is 0 Å². The van der Waals surface area contributed by atoms with E-state index >= 15 is 0 Å². The van der Waals surface area contributed by atoms with E-state index in [1.165, 1.54) is 38.5 Å². The van der Waals surface area contributed by atoms with Gasteiger partial charge in [0.25, 0.3) is 0 Å². The molecule has 0 aromatic carbocycles. The van der Waals surface area contributed by atoms with Crippen LogP contribution in [0, 0.1) is 17.8 Å². The minimum atomic E-state index is 0.583. The number of hydrogen-bond donors (Lipinski definition) is 1. The molecule has 0 saturated heterocycles. The molecule has 0 aromatic rings. The fraction of sp³-hybridized carbons (Fsp3) is 1.00. The SMILES string of the molecule is CC(S)CCC(C)C1CCC(C)CC1. The molecule has 1 aliphatic rings. The van der Waals surface area contributed by atoms with E-state index in [0.717, 1.165) is 17.8 Å². The second-order valence-electron chi connectivity index (χ2n) is 5.42. The molecule has 1 aliphatic carbocycles. The average Bonchev–Trinajstić information content (AvgIpc) is 2.15. The summed E-state index contributed by atoms with van der Waals surface area (Å²) in [6.07, 6.45) is 8.55. The van der Waals surface area contributed by atoms with Gasteiger partial charge >= 0.3 is 0 Å². The van der Waals surface area contributed by atoms with Crippen LogP contribution in [0.3, 0.4) is 0 Å². The lowest BCUT2D eigenvalue weighted by molar-refractivity contribution is 0.213. The third-order valence-electron chi connectivity index (χ3n) is 3.91. The second kappa shape index (κ2) is 6.05. The Hall–Kier alpha value is 0.350. The van der Waals surface area contributed by atoms with Gasteiger partial charge in [-0.15, -0.1) is 0 Å². The lowest BCUT2D eigenvalue weighted by atomic mass is 9.75. The summed E-state index contributed by atoms with van der Waals surface area (Å²) in [5, 5.41) is 0.583. The summed E-state index contributed by atoms with van der Waals surface area (Å²) in [5.41, 5.74) is 0. The van der Waals surface area contributed by atoms with E-state index in [1.54, 1.807) is 0 Å². The molecule has 0 spiro atoms. The Morgan fingerprint density at radius 2 is 1.64 bits per heavy atom. The monoisotopic (exact) mass is 214 g/mol. The van der Waals surface area contributed by atoms with Crippen molar-refractivity contribution in [3.05, 3.63) is 0 Å². The van der Waals surface area contributed by atoms with Crippen molar-refractivity contribution in [1.29, 1.82) is 0 Å². The standard InChI is InChI=1S/C13H26S/c1-10-4-8-13(9-5-10)11(2)6-7-12(3)14/h10-14H,4-9H2,1-3H3. The summed E-state index contributed by atoms with van der Waals surface area (Å²) >= 11 is 4.45. The number of hydrogen-bond acceptors (Lipinski definition) is 1. The maximum Gasteiger partial charge on any atom is -0.00115 e. The van der Waals surface area contributed by atoms with Gasteiger partial charge in [-0.3, -0.25) is 0 Å². The van der Waals surface area contributed by atoms with Gasteiger partial charge in [-0.05, 0) is 48.7 Å². The zero-order chi connectivity index (χ0) is 10.6. The number of rotatable bonds is 4. The Morgan fingerprint density at radius 3 is 2.14 bits per heavy atom. The molecule has 1 saturated carbocycles. The molecule has 0 N–H and O–H groups in total. The fourth-order valence-electron chi connectivity index (χ4n) is 2.59. The van der Waals surface area contributed by atoms with Gasteiger partial charge in [-0.25, -0.2) is 0 Å². The molecule has 84 valence electrons. The highest BCUT2D eigenvalue weighted by Gasteiger charge is 2.22. The van der Waals surface area contributed by atoms with E-state index in [0.29, 0.717) is 5.25 Å². The molecule has 14 heavy (non-hydrogen) atoms. The van der Waals surface area contributed by atoms with Gasteiger partial charge in [0.05, 0.1) is 0 Å². The predicted octanol–water partition coefficient (Wildman–Crippen LogP) is 4.55. The van der Waals surface area contributed by atoms with Crippen LogP contribution >= 0.6 is 12.6 Å². The normalized spacial score (nSPS) is 32.6. The summed E-state index contributed by atoms with van der Waals surface area (Å²) < 4.78 is 0. The molecule has 2 atom stereocenters. The highest BCUT2D eigenvalue weighted by atomic mass is 32.1. The van der Waals surface area contributed by atoms with Crippen LogP contribution in [0.5, 0.6) is 0 Å². The summed E-state index contributed by atoms with van der Waals surface area (Å²) in [6, 6.07) is 0. The Morgan fingerprint density at radius 1 is 1.07 bits per heavy atom. The Labute approximate surface area is 95.3 Å². The topological polar surface area (TPSA) is 0 Å². The summed E-state index contributed by atoms with van der Waals surface area (Å²) in [7, 11) is 0. The first-order valence-corrected chi connectivity index (χ1v) is 6.79. The second-order valence-corrected chi connectivity index (χ2v) is 6.31. The molecule has 0 nitrogen and oxygen atoms in total. The van der Waals surface area contributed by atoms with Crippen molar-refractivity contribution >= 4 is 12.6 Å². The van der Waals surface area contributed by atoms with Gasteiger partial charge in [0.2, 0.25) is 0 Å². The first kappa shape index (κ1) is 12.4. The zero-order valence-corrected chi connectivity index (χ0v) is 10.9. The van der Waals surface area contributed by atoms with E-state index < -0.39 is 0 Å². The van der Waals surface area contributed by atoms with E-state index in [4.69, 9.17) is 0 Å². The van der Waals surface area contributed by atoms with Gasteiger partial charge in [0, 0.05) is 0 Å². The van der Waals surface area contributed by atoms with Gasteiger partial charge in [-0.1, -0.05) is 33.6 Å². The minimum absolute atomic E-state index is 0.583. The first-order valence-electron chi connectivity index (χ1n) is 6.27. The molecule has 0 aliphatic heterocycles. The average molecular weight is 214 g/mol. The molecule has 1 heteroatoms. The van der Waals surface area contributed by atoms with Crippen molar-refractivity contribution in [1.82, 2.24) is 0 Å². The van der Waals surface area contributed by atoms with Crippen molar-refractivity contribution in [3.8, 4) is 0 Å². The van der Waals surface area contributed by atoms with Gasteiger partial charge < -0.3 is 0 Å². The van der Waals surface area contributed by atoms with E-state index in [2.05, 4.69) is 33.4 Å². The third kappa shape index (κ3) is 4.25. The molecule has 0 heterocycles. The summed E-state index contributed by atoms with van der Waals surface area (Å²) in [6.45, 7) is 7.05. The molecule has 0 aromatic heterocycles. The third-order valence-corrected chi connectivity index (χ3v) is 4.16. The molecular formula is C13H26S. The van der Waals surface area contributed by atoms with Crippen LogP contribution in [0.4, 0.5) is 0 Å². The Bertz CT molecular complexity index is 145. The minimum Gasteiger partial charge on any atom is -0.176 e. The highest BCUT2D eigenvalue weighted by molar-refractivity contribution is 7.80. The van der Waals surface area contributed by atoms with Crippen molar-refractivity contribution in [2.24, 2.45) is 17.8 Å². The van der Waals surface area contributed by atoms with Crippen LogP contribution in [0.1, 0.15) is 59.3 Å². The Kier molecular flexibility index (Phi) is 5.36. The van der Waals surface area contributed by atoms with Crippen LogP contribution in [0.25, 0.3) is 0 Å². The number of thiol groups is 1. The maximum absolute atomic E-state index is 4.45. The van der Waals surface area contributed by atoms with Crippen LogP contribution in [-0.4, -0.2) is 5.25 Å². The zero-order valence-electron chi connectivity index (χ0n) is 10.00. The molecule has 2 unspecified atom stereocenters. The first-order chi connectivity index (χ1) is 6.59. The lowest BCUT2D eigenvalue weighted by Crippen LogP contribution is -2.19. The summed E-state index contributed by atoms with van der Waals surface area (Å²) in [5.74, 6) is 2.93. The van der Waals surface area contributed by atoms with Crippen LogP contribution in [-0.2, 0) is 0 Å². The van der Waals surface area contributed by atoms with Gasteiger partial charge in [0.15, 0.2) is 0 Å². The maximum atomic E-state index is 4.45. The fourth-order valence-corrected chi connectivity index (χ4v) is 2.74. The van der Waals surface area contributed by atoms with Crippen molar-refractivity contribution in [2.75, 3.05) is 0 Å². The molecular weight excluding hydrogens is 188 g/mol. The van der Waals surface area contributed by atoms with Crippen molar-refractivity contribution in [2.45, 2.75) is 64.5 Å². The Balaban J connectivity index is 2.20. The quantitative estimate of drug-likeness (QED) is 0.652. The summed E-state index contributed by atoms with van der Waals surface area (Å²) in [4.78, 5) is 0. The molecule has 0 radical (unpaired) electrons. The predicted molar refractivity (Wildman–Crippen MR) is 68.0 cm³/mol. The van der Waals surface area contributed by atoms with Crippen molar-refractivity contribution < 1.29 is 0 Å². The van der Waals surface area contributed by atoms with Gasteiger partial charge in [0.1, 0.15) is 0 Å². The van der Waals surface area contributed by atoms with Crippen molar-refractivity contribution in [3.63, 3.8) is 0 Å². The largest absolute Gasteiger partial charge is 0.176 e. The highest BCUT2D eigenvalue weighted by Crippen LogP contribution is 2.35. The smallest absolute Gasteiger partial charge is 0.00115 e. The van der Waals surface area contributed by atoms with Crippen LogP contribution in [0.15, 0.2) is 0 Å². The van der Waals surface area contributed by atoms with E-state index in [1.807, 2.05) is 0 Å². The molecule has 0 bridgehead atoms. The molecule has 0 amide bonds. The van der Waals surface area contributed by atoms with Crippen LogP contribution in [0.2, 0.25) is 0 Å². The van der Waals surface area contributed by atoms with E-state index in [-0.39, 0.29) is 0 Å². The van der Waals surface area contributed by atoms with Gasteiger partial charge in [-0.2, -0.15) is 12.6 Å². The lowest BCUT2D eigenvalue weighted by Gasteiger charge is -2.31. The molecule has 1 rings (SSSR count). The van der Waals surface area contributed by atoms with Crippen LogP contribution < -0.4 is 0 Å².